The van der Waals surface area contributed by atoms with Crippen molar-refractivity contribution in [2.75, 3.05) is 33.1 Å². The first-order valence-corrected chi connectivity index (χ1v) is 9.26. The molecule has 8 heteroatoms. The molecule has 0 radical (unpaired) electrons. The van der Waals surface area contributed by atoms with E-state index in [1.807, 2.05) is 4.57 Å². The molecule has 1 fully saturated rings. The Kier molecular flexibility index (Phi) is 4.71. The van der Waals surface area contributed by atoms with Crippen LogP contribution in [0.3, 0.4) is 0 Å². The molecule has 1 aliphatic heterocycles. The summed E-state index contributed by atoms with van der Waals surface area (Å²) in [5.74, 6) is 0.0958. The molecule has 6 nitrogen and oxygen atoms in total. The van der Waals surface area contributed by atoms with Gasteiger partial charge in [0.05, 0.1) is 25.0 Å². The van der Waals surface area contributed by atoms with Crippen molar-refractivity contribution in [1.29, 1.82) is 0 Å². The number of benzene rings is 1. The first-order valence-electron chi connectivity index (χ1n) is 7.65. The van der Waals surface area contributed by atoms with Crippen molar-refractivity contribution >= 4 is 10.0 Å². The fourth-order valence-corrected chi connectivity index (χ4v) is 4.06. The Balaban J connectivity index is 1.91. The van der Waals surface area contributed by atoms with Crippen molar-refractivity contribution in [3.63, 3.8) is 0 Å². The van der Waals surface area contributed by atoms with Crippen molar-refractivity contribution in [3.8, 4) is 11.4 Å². The van der Waals surface area contributed by atoms with E-state index < -0.39 is 10.0 Å². The number of hydrogen-bond donors (Lipinski definition) is 0. The van der Waals surface area contributed by atoms with Crippen LogP contribution < -0.4 is 0 Å². The molecule has 0 saturated carbocycles. The summed E-state index contributed by atoms with van der Waals surface area (Å²) in [5.41, 5.74) is 0.654. The summed E-state index contributed by atoms with van der Waals surface area (Å²) >= 11 is 0. The van der Waals surface area contributed by atoms with Crippen LogP contribution >= 0.6 is 0 Å². The van der Waals surface area contributed by atoms with E-state index in [1.165, 1.54) is 30.5 Å². The second-order valence-electron chi connectivity index (χ2n) is 6.09. The van der Waals surface area contributed by atoms with Gasteiger partial charge in [0.1, 0.15) is 11.6 Å². The lowest BCUT2D eigenvalue weighted by Crippen LogP contribution is -2.32. The molecule has 2 aromatic rings. The smallest absolute Gasteiger partial charge is 0.214 e. The average molecular weight is 353 g/mol. The molecular weight excluding hydrogens is 333 g/mol. The number of ether oxygens (including phenoxy) is 1. The highest BCUT2D eigenvalue weighted by Gasteiger charge is 2.35. The minimum Gasteiger partial charge on any atom is -0.379 e. The molecule has 0 amide bonds. The minimum atomic E-state index is -3.33. The minimum absolute atomic E-state index is 0.00539. The molecule has 0 unspecified atom stereocenters. The van der Waals surface area contributed by atoms with Crippen LogP contribution in [0.2, 0.25) is 0 Å². The quantitative estimate of drug-likeness (QED) is 0.822. The third-order valence-electron chi connectivity index (χ3n) is 4.25. The molecule has 0 bridgehead atoms. The van der Waals surface area contributed by atoms with E-state index in [4.69, 9.17) is 4.74 Å². The van der Waals surface area contributed by atoms with Gasteiger partial charge < -0.3 is 9.30 Å². The largest absolute Gasteiger partial charge is 0.379 e. The van der Waals surface area contributed by atoms with Crippen molar-refractivity contribution in [1.82, 2.24) is 13.9 Å². The average Bonchev–Trinajstić information content (AvgIpc) is 3.15. The predicted octanol–water partition coefficient (Wildman–Crippen LogP) is 1.77. The van der Waals surface area contributed by atoms with Crippen LogP contribution in [0.4, 0.5) is 4.39 Å². The summed E-state index contributed by atoms with van der Waals surface area (Å²) in [4.78, 5) is 4.32. The number of aromatic nitrogens is 2. The van der Waals surface area contributed by atoms with E-state index in [-0.39, 0.29) is 23.5 Å². The fraction of sp³-hybridized carbons (Fsp3) is 0.438. The Labute approximate surface area is 140 Å². The van der Waals surface area contributed by atoms with Gasteiger partial charge in [-0.05, 0) is 12.1 Å². The van der Waals surface area contributed by atoms with Gasteiger partial charge in [-0.2, -0.15) is 0 Å². The molecule has 3 rings (SSSR count). The Morgan fingerprint density at radius 3 is 2.88 bits per heavy atom. The first-order chi connectivity index (χ1) is 11.4. The first kappa shape index (κ1) is 17.1. The van der Waals surface area contributed by atoms with Gasteiger partial charge in [0.25, 0.3) is 0 Å². The van der Waals surface area contributed by atoms with Crippen LogP contribution in [0.15, 0.2) is 36.7 Å². The molecule has 2 atom stereocenters. The number of nitrogens with zero attached hydrogens (tertiary/aromatic N) is 3. The Morgan fingerprint density at radius 1 is 1.38 bits per heavy atom. The summed E-state index contributed by atoms with van der Waals surface area (Å²) in [6, 6.07) is 6.05. The summed E-state index contributed by atoms with van der Waals surface area (Å²) in [6.45, 7) is 0.783. The molecular formula is C16H20FN3O3S. The number of halogens is 1. The van der Waals surface area contributed by atoms with Gasteiger partial charge >= 0.3 is 0 Å². The van der Waals surface area contributed by atoms with Crippen molar-refractivity contribution in [2.45, 2.75) is 6.04 Å². The standard InChI is InChI=1S/C16H20FN3O3S/c1-19(2)24(21,22)11-13-9-23-10-15(13)20-7-6-18-16(20)12-4-3-5-14(17)8-12/h3-8,13,15H,9-11H2,1-2H3/t13-,15+/m0/s1. The fourth-order valence-electron chi connectivity index (χ4n) is 2.91. The molecule has 0 N–H and O–H groups in total. The lowest BCUT2D eigenvalue weighted by Gasteiger charge is -2.22. The molecule has 1 aliphatic rings. The van der Waals surface area contributed by atoms with Gasteiger partial charge in [-0.1, -0.05) is 12.1 Å². The Bertz CT molecular complexity index is 819. The monoisotopic (exact) mass is 353 g/mol. The number of sulfonamides is 1. The maximum Gasteiger partial charge on any atom is 0.214 e. The highest BCUT2D eigenvalue weighted by molar-refractivity contribution is 7.89. The van der Waals surface area contributed by atoms with Crippen molar-refractivity contribution in [2.24, 2.45) is 5.92 Å². The van der Waals surface area contributed by atoms with E-state index in [2.05, 4.69) is 4.98 Å². The molecule has 1 aromatic carbocycles. The normalized spacial score (nSPS) is 21.5. The number of imidazole rings is 1. The molecule has 1 aromatic heterocycles. The third-order valence-corrected chi connectivity index (χ3v) is 6.22. The molecule has 2 heterocycles. The molecule has 1 saturated heterocycles. The van der Waals surface area contributed by atoms with Gasteiger partial charge in [0.2, 0.25) is 10.0 Å². The lowest BCUT2D eigenvalue weighted by molar-refractivity contribution is 0.182. The van der Waals surface area contributed by atoms with E-state index in [9.17, 15) is 12.8 Å². The van der Waals surface area contributed by atoms with Crippen LogP contribution in [-0.4, -0.2) is 55.3 Å². The molecule has 0 spiro atoms. The lowest BCUT2D eigenvalue weighted by atomic mass is 10.1. The van der Waals surface area contributed by atoms with Crippen LogP contribution in [0.25, 0.3) is 11.4 Å². The van der Waals surface area contributed by atoms with E-state index in [1.54, 1.807) is 24.5 Å². The van der Waals surface area contributed by atoms with Gasteiger partial charge in [0.15, 0.2) is 0 Å². The van der Waals surface area contributed by atoms with E-state index >= 15 is 0 Å². The maximum atomic E-state index is 13.5. The zero-order valence-corrected chi connectivity index (χ0v) is 14.4. The summed E-state index contributed by atoms with van der Waals surface area (Å²) in [7, 11) is -0.284. The van der Waals surface area contributed by atoms with Gasteiger partial charge in [-0.15, -0.1) is 0 Å². The highest BCUT2D eigenvalue weighted by Crippen LogP contribution is 2.31. The number of hydrogen-bond acceptors (Lipinski definition) is 4. The van der Waals surface area contributed by atoms with Crippen molar-refractivity contribution < 1.29 is 17.5 Å². The van der Waals surface area contributed by atoms with Gasteiger partial charge in [-0.3, -0.25) is 0 Å². The zero-order chi connectivity index (χ0) is 17.3. The predicted molar refractivity (Wildman–Crippen MR) is 88.4 cm³/mol. The van der Waals surface area contributed by atoms with E-state index in [0.29, 0.717) is 24.6 Å². The Hall–Kier alpha value is -1.77. The highest BCUT2D eigenvalue weighted by atomic mass is 32.2. The van der Waals surface area contributed by atoms with Gasteiger partial charge in [0, 0.05) is 38.0 Å². The van der Waals surface area contributed by atoms with Gasteiger partial charge in [-0.25, -0.2) is 22.1 Å². The topological polar surface area (TPSA) is 64.4 Å². The van der Waals surface area contributed by atoms with Crippen LogP contribution in [0.1, 0.15) is 6.04 Å². The summed E-state index contributed by atoms with van der Waals surface area (Å²) in [6.07, 6.45) is 3.42. The van der Waals surface area contributed by atoms with E-state index in [0.717, 1.165) is 0 Å². The summed E-state index contributed by atoms with van der Waals surface area (Å²) in [5, 5.41) is 0. The second-order valence-corrected chi connectivity index (χ2v) is 8.32. The van der Waals surface area contributed by atoms with Crippen molar-refractivity contribution in [3.05, 3.63) is 42.5 Å². The summed E-state index contributed by atoms with van der Waals surface area (Å²) < 4.78 is 46.5. The van der Waals surface area contributed by atoms with Crippen LogP contribution in [-0.2, 0) is 14.8 Å². The van der Waals surface area contributed by atoms with Crippen LogP contribution in [0, 0.1) is 11.7 Å². The molecule has 24 heavy (non-hydrogen) atoms. The second kappa shape index (κ2) is 6.62. The zero-order valence-electron chi connectivity index (χ0n) is 13.6. The Morgan fingerprint density at radius 2 is 2.17 bits per heavy atom. The van der Waals surface area contributed by atoms with Crippen LogP contribution in [0.5, 0.6) is 0 Å². The molecule has 0 aliphatic carbocycles. The maximum absolute atomic E-state index is 13.5. The number of rotatable bonds is 5. The SMILES string of the molecule is CN(C)S(=O)(=O)C[C@@H]1COC[C@H]1n1ccnc1-c1cccc(F)c1. The third kappa shape index (κ3) is 3.35. The molecule has 130 valence electrons.